The van der Waals surface area contributed by atoms with E-state index in [0.717, 1.165) is 32.2 Å². The molecule has 0 aliphatic heterocycles. The van der Waals surface area contributed by atoms with Gasteiger partial charge in [-0.15, -0.1) is 0 Å². The van der Waals surface area contributed by atoms with Crippen molar-refractivity contribution in [2.45, 2.75) is 31.7 Å². The van der Waals surface area contributed by atoms with Crippen molar-refractivity contribution in [1.82, 2.24) is 4.90 Å². The first-order chi connectivity index (χ1) is 6.38. The van der Waals surface area contributed by atoms with Crippen LogP contribution in [0.5, 0.6) is 0 Å². The fourth-order valence-corrected chi connectivity index (χ4v) is 1.71. The molecule has 1 aliphatic carbocycles. The second kappa shape index (κ2) is 6.35. The first kappa shape index (κ1) is 11.0. The number of ether oxygens (including phenoxy) is 1. The van der Waals surface area contributed by atoms with Crippen molar-refractivity contribution in [3.05, 3.63) is 0 Å². The minimum Gasteiger partial charge on any atom is -0.396 e. The van der Waals surface area contributed by atoms with Crippen molar-refractivity contribution >= 4 is 0 Å². The zero-order chi connectivity index (χ0) is 9.52. The molecule has 1 saturated carbocycles. The van der Waals surface area contributed by atoms with Crippen molar-refractivity contribution in [1.29, 1.82) is 0 Å². The predicted molar refractivity (Wildman–Crippen MR) is 52.8 cm³/mol. The molecular weight excluding hydrogens is 166 g/mol. The molecule has 1 rings (SSSR count). The fraction of sp³-hybridized carbons (Fsp3) is 1.00. The number of nitrogens with zero attached hydrogens (tertiary/aromatic N) is 1. The third-order valence-electron chi connectivity index (χ3n) is 2.78. The molecule has 3 nitrogen and oxygen atoms in total. The molecule has 0 unspecified atom stereocenters. The van der Waals surface area contributed by atoms with E-state index in [1.807, 2.05) is 0 Å². The van der Waals surface area contributed by atoms with Crippen LogP contribution in [0.4, 0.5) is 0 Å². The molecule has 0 heterocycles. The first-order valence-corrected chi connectivity index (χ1v) is 5.22. The molecule has 0 spiro atoms. The summed E-state index contributed by atoms with van der Waals surface area (Å²) in [6, 6.07) is 0.765. The van der Waals surface area contributed by atoms with Crippen LogP contribution in [0.1, 0.15) is 25.7 Å². The van der Waals surface area contributed by atoms with Crippen LogP contribution >= 0.6 is 0 Å². The van der Waals surface area contributed by atoms with E-state index in [2.05, 4.69) is 4.90 Å². The maximum atomic E-state index is 8.76. The van der Waals surface area contributed by atoms with Crippen molar-refractivity contribution in [3.63, 3.8) is 0 Å². The molecule has 78 valence electrons. The van der Waals surface area contributed by atoms with E-state index in [1.54, 1.807) is 7.11 Å². The van der Waals surface area contributed by atoms with Crippen LogP contribution in [0.15, 0.2) is 0 Å². The molecule has 0 aromatic rings. The number of aliphatic hydroxyl groups is 1. The molecule has 0 saturated heterocycles. The van der Waals surface area contributed by atoms with Crippen molar-refractivity contribution in [2.75, 3.05) is 33.4 Å². The number of methoxy groups -OCH3 is 1. The number of hydrogen-bond donors (Lipinski definition) is 1. The lowest BCUT2D eigenvalue weighted by Gasteiger charge is -2.37. The van der Waals surface area contributed by atoms with Crippen molar-refractivity contribution < 1.29 is 9.84 Å². The molecular formula is C10H21NO2. The summed E-state index contributed by atoms with van der Waals surface area (Å²) in [5, 5.41) is 8.76. The van der Waals surface area contributed by atoms with E-state index in [1.165, 1.54) is 19.3 Å². The van der Waals surface area contributed by atoms with E-state index < -0.39 is 0 Å². The number of aliphatic hydroxyl groups excluding tert-OH is 1. The summed E-state index contributed by atoms with van der Waals surface area (Å²) >= 11 is 0. The van der Waals surface area contributed by atoms with Gasteiger partial charge in [0.05, 0.1) is 6.61 Å². The third kappa shape index (κ3) is 3.63. The second-order valence-electron chi connectivity index (χ2n) is 3.69. The monoisotopic (exact) mass is 187 g/mol. The van der Waals surface area contributed by atoms with Gasteiger partial charge in [0.15, 0.2) is 0 Å². The Balaban J connectivity index is 2.16. The van der Waals surface area contributed by atoms with E-state index in [4.69, 9.17) is 9.84 Å². The van der Waals surface area contributed by atoms with Gasteiger partial charge in [-0.25, -0.2) is 0 Å². The lowest BCUT2D eigenvalue weighted by molar-refractivity contribution is 0.0790. The van der Waals surface area contributed by atoms with Gasteiger partial charge in [0, 0.05) is 32.8 Å². The fourth-order valence-electron chi connectivity index (χ4n) is 1.71. The highest BCUT2D eigenvalue weighted by Gasteiger charge is 2.23. The molecule has 1 fully saturated rings. The highest BCUT2D eigenvalue weighted by Crippen LogP contribution is 2.24. The number of rotatable bonds is 7. The van der Waals surface area contributed by atoms with Gasteiger partial charge < -0.3 is 9.84 Å². The molecule has 0 bridgehead atoms. The first-order valence-electron chi connectivity index (χ1n) is 5.22. The van der Waals surface area contributed by atoms with Gasteiger partial charge in [0.25, 0.3) is 0 Å². The summed E-state index contributed by atoms with van der Waals surface area (Å²) in [5.41, 5.74) is 0. The Morgan fingerprint density at radius 1 is 1.38 bits per heavy atom. The smallest absolute Gasteiger partial charge is 0.0589 e. The molecule has 13 heavy (non-hydrogen) atoms. The zero-order valence-corrected chi connectivity index (χ0v) is 8.54. The molecule has 1 N–H and O–H groups in total. The largest absolute Gasteiger partial charge is 0.396 e. The summed E-state index contributed by atoms with van der Waals surface area (Å²) in [4.78, 5) is 2.45. The zero-order valence-electron chi connectivity index (χ0n) is 8.54. The van der Waals surface area contributed by atoms with Crippen LogP contribution in [-0.4, -0.2) is 49.5 Å². The van der Waals surface area contributed by atoms with Crippen LogP contribution < -0.4 is 0 Å². The van der Waals surface area contributed by atoms with Crippen molar-refractivity contribution in [3.8, 4) is 0 Å². The van der Waals surface area contributed by atoms with Gasteiger partial charge in [0.2, 0.25) is 0 Å². The standard InChI is InChI=1S/C10H21NO2/c1-13-9-7-11(6-3-8-12)10-4-2-5-10/h10,12H,2-9H2,1H3. The Labute approximate surface area is 80.7 Å². The Bertz CT molecular complexity index is 118. The average Bonchev–Trinajstić information content (AvgIpc) is 2.06. The lowest BCUT2D eigenvalue weighted by Crippen LogP contribution is -2.42. The summed E-state index contributed by atoms with van der Waals surface area (Å²) in [5.74, 6) is 0. The van der Waals surface area contributed by atoms with Gasteiger partial charge in [-0.2, -0.15) is 0 Å². The van der Waals surface area contributed by atoms with E-state index in [0.29, 0.717) is 6.61 Å². The molecule has 0 amide bonds. The highest BCUT2D eigenvalue weighted by atomic mass is 16.5. The highest BCUT2D eigenvalue weighted by molar-refractivity contribution is 4.79. The summed E-state index contributed by atoms with van der Waals surface area (Å²) in [7, 11) is 1.74. The maximum absolute atomic E-state index is 8.76. The Hall–Kier alpha value is -0.120. The normalized spacial score (nSPS) is 17.8. The van der Waals surface area contributed by atoms with Gasteiger partial charge in [-0.05, 0) is 19.3 Å². The topological polar surface area (TPSA) is 32.7 Å². The Morgan fingerprint density at radius 2 is 2.15 bits per heavy atom. The summed E-state index contributed by atoms with van der Waals surface area (Å²) in [6.07, 6.45) is 4.91. The molecule has 3 heteroatoms. The van der Waals surface area contributed by atoms with Crippen LogP contribution in [0.3, 0.4) is 0 Å². The minimum absolute atomic E-state index is 0.302. The lowest BCUT2D eigenvalue weighted by atomic mass is 9.91. The average molecular weight is 187 g/mol. The predicted octanol–water partition coefficient (Wildman–Crippen LogP) is 0.870. The van der Waals surface area contributed by atoms with E-state index >= 15 is 0 Å². The SMILES string of the molecule is COCCN(CCCO)C1CCC1. The second-order valence-corrected chi connectivity index (χ2v) is 3.69. The Morgan fingerprint density at radius 3 is 2.62 bits per heavy atom. The van der Waals surface area contributed by atoms with Crippen LogP contribution in [0, 0.1) is 0 Å². The van der Waals surface area contributed by atoms with Crippen LogP contribution in [-0.2, 0) is 4.74 Å². The van der Waals surface area contributed by atoms with Crippen LogP contribution in [0.25, 0.3) is 0 Å². The summed E-state index contributed by atoms with van der Waals surface area (Å²) < 4.78 is 5.07. The summed E-state index contributed by atoms with van der Waals surface area (Å²) in [6.45, 7) is 3.14. The van der Waals surface area contributed by atoms with Crippen molar-refractivity contribution in [2.24, 2.45) is 0 Å². The van der Waals surface area contributed by atoms with Crippen LogP contribution in [0.2, 0.25) is 0 Å². The third-order valence-corrected chi connectivity index (χ3v) is 2.78. The molecule has 0 aromatic heterocycles. The van der Waals surface area contributed by atoms with E-state index in [-0.39, 0.29) is 0 Å². The van der Waals surface area contributed by atoms with E-state index in [9.17, 15) is 0 Å². The quantitative estimate of drug-likeness (QED) is 0.642. The van der Waals surface area contributed by atoms with Gasteiger partial charge in [0.1, 0.15) is 0 Å². The Kier molecular flexibility index (Phi) is 5.35. The molecule has 0 radical (unpaired) electrons. The maximum Gasteiger partial charge on any atom is 0.0589 e. The van der Waals surface area contributed by atoms with Gasteiger partial charge in [-0.3, -0.25) is 4.90 Å². The van der Waals surface area contributed by atoms with Gasteiger partial charge in [-0.1, -0.05) is 6.42 Å². The minimum atomic E-state index is 0.302. The molecule has 0 atom stereocenters. The number of hydrogen-bond acceptors (Lipinski definition) is 3. The molecule has 1 aliphatic rings. The molecule has 0 aromatic carbocycles. The van der Waals surface area contributed by atoms with Gasteiger partial charge >= 0.3 is 0 Å².